The molecule has 1 rings (SSSR count). The molecule has 29 heavy (non-hydrogen) atoms. The van der Waals surface area contributed by atoms with Gasteiger partial charge in [0.2, 0.25) is 0 Å². The zero-order valence-corrected chi connectivity index (χ0v) is 20.6. The highest BCUT2D eigenvalue weighted by atomic mass is 15.2. The van der Waals surface area contributed by atoms with Gasteiger partial charge in [-0.25, -0.2) is 4.58 Å². The van der Waals surface area contributed by atoms with Gasteiger partial charge in [-0.05, 0) is 17.8 Å². The molecule has 0 spiro atoms. The molecule has 0 aliphatic carbocycles. The summed E-state index contributed by atoms with van der Waals surface area (Å²) < 4.78 is 2.19. The molecule has 0 saturated heterocycles. The van der Waals surface area contributed by atoms with Crippen LogP contribution in [0.15, 0.2) is 16.4 Å². The molecule has 0 bridgehead atoms. The second-order valence-corrected chi connectivity index (χ2v) is 9.49. The molecule has 0 radical (unpaired) electrons. The van der Waals surface area contributed by atoms with Crippen molar-refractivity contribution in [1.82, 2.24) is 0 Å². The first kappa shape index (κ1) is 26.1. The Hall–Kier alpha value is -0.920. The van der Waals surface area contributed by atoms with E-state index in [1.165, 1.54) is 120 Å². The van der Waals surface area contributed by atoms with Crippen LogP contribution in [0.5, 0.6) is 0 Å². The Morgan fingerprint density at radius 2 is 1.10 bits per heavy atom. The third-order valence-electron chi connectivity index (χ3n) is 6.61. The summed E-state index contributed by atoms with van der Waals surface area (Å²) in [5.41, 5.74) is 2.58. The maximum Gasteiger partial charge on any atom is 0.306 e. The third kappa shape index (κ3) is 10.1. The molecule has 168 valence electrons. The summed E-state index contributed by atoms with van der Waals surface area (Å²) in [4.78, 5) is 4.95. The lowest BCUT2D eigenvalue weighted by atomic mass is 9.96. The molecular formula is C27H51N2+. The van der Waals surface area contributed by atoms with Crippen LogP contribution in [0.2, 0.25) is 0 Å². The van der Waals surface area contributed by atoms with Crippen molar-refractivity contribution in [1.29, 1.82) is 0 Å². The van der Waals surface area contributed by atoms with Gasteiger partial charge in [0.1, 0.15) is 0 Å². The highest BCUT2D eigenvalue weighted by Crippen LogP contribution is 2.30. The molecule has 2 unspecified atom stereocenters. The summed E-state index contributed by atoms with van der Waals surface area (Å²) in [6, 6.07) is 0. The minimum absolute atomic E-state index is 0.515. The quantitative estimate of drug-likeness (QED) is 0.160. The van der Waals surface area contributed by atoms with Gasteiger partial charge in [0, 0.05) is 12.8 Å². The van der Waals surface area contributed by atoms with E-state index in [0.717, 1.165) is 0 Å². The summed E-state index contributed by atoms with van der Waals surface area (Å²) in [5, 5.41) is 0. The fraction of sp³-hybridized carbons (Fsp3) is 0.852. The fourth-order valence-electron chi connectivity index (χ4n) is 4.69. The lowest BCUT2D eigenvalue weighted by Gasteiger charge is -2.14. The van der Waals surface area contributed by atoms with Gasteiger partial charge in [-0.15, -0.1) is 0 Å². The van der Waals surface area contributed by atoms with E-state index in [9.17, 15) is 0 Å². The maximum atomic E-state index is 4.95. The van der Waals surface area contributed by atoms with E-state index in [4.69, 9.17) is 4.99 Å². The van der Waals surface area contributed by atoms with Gasteiger partial charge in [0.15, 0.2) is 11.4 Å². The number of hydrogen-bond donors (Lipinski definition) is 0. The first-order valence-electron chi connectivity index (χ1n) is 12.9. The zero-order valence-electron chi connectivity index (χ0n) is 20.6. The summed E-state index contributed by atoms with van der Waals surface area (Å²) in [6.07, 6.45) is 21.8. The molecule has 0 amide bonds. The molecule has 0 aromatic rings. The van der Waals surface area contributed by atoms with Crippen LogP contribution in [-0.2, 0) is 0 Å². The Morgan fingerprint density at radius 3 is 1.59 bits per heavy atom. The van der Waals surface area contributed by atoms with Gasteiger partial charge >= 0.3 is 5.84 Å². The van der Waals surface area contributed by atoms with Crippen molar-refractivity contribution in [3.05, 3.63) is 11.4 Å². The molecule has 1 aliphatic rings. The van der Waals surface area contributed by atoms with E-state index in [1.54, 1.807) is 0 Å². The SMILES string of the molecule is C=[N+]1C(C(C)CCCCCCCCC)=NC(C)=C1C(C)CCCCCCCCC. The second kappa shape index (κ2) is 15.9. The molecule has 0 aromatic heterocycles. The third-order valence-corrected chi connectivity index (χ3v) is 6.61. The predicted molar refractivity (Wildman–Crippen MR) is 131 cm³/mol. The smallest absolute Gasteiger partial charge is 0.206 e. The number of unbranched alkanes of at least 4 members (excludes halogenated alkanes) is 12. The van der Waals surface area contributed by atoms with Crippen LogP contribution in [0, 0.1) is 11.8 Å². The molecule has 2 atom stereocenters. The topological polar surface area (TPSA) is 15.4 Å². The first-order valence-corrected chi connectivity index (χ1v) is 12.9. The number of amidine groups is 1. The number of allylic oxidation sites excluding steroid dienone is 2. The Kier molecular flexibility index (Phi) is 14.3. The van der Waals surface area contributed by atoms with Crippen molar-refractivity contribution >= 4 is 12.6 Å². The molecule has 1 heterocycles. The van der Waals surface area contributed by atoms with E-state index < -0.39 is 0 Å². The Labute approximate surface area is 183 Å². The van der Waals surface area contributed by atoms with Crippen LogP contribution < -0.4 is 0 Å². The normalized spacial score (nSPS) is 16.4. The molecular weight excluding hydrogens is 352 g/mol. The molecule has 1 aliphatic heterocycles. The van der Waals surface area contributed by atoms with Gasteiger partial charge in [-0.2, -0.15) is 0 Å². The van der Waals surface area contributed by atoms with Gasteiger partial charge in [0.05, 0.1) is 12.6 Å². The number of nitrogens with zero attached hydrogens (tertiary/aromatic N) is 2. The van der Waals surface area contributed by atoms with Crippen molar-refractivity contribution in [3.8, 4) is 0 Å². The van der Waals surface area contributed by atoms with Crippen LogP contribution in [0.1, 0.15) is 137 Å². The molecule has 2 nitrogen and oxygen atoms in total. The highest BCUT2D eigenvalue weighted by Gasteiger charge is 2.35. The van der Waals surface area contributed by atoms with Gasteiger partial charge in [-0.1, -0.05) is 118 Å². The van der Waals surface area contributed by atoms with Crippen LogP contribution in [0.4, 0.5) is 0 Å². The van der Waals surface area contributed by atoms with Gasteiger partial charge in [0.25, 0.3) is 0 Å². The average Bonchev–Trinajstić information content (AvgIpc) is 3.00. The molecule has 2 heteroatoms. The van der Waals surface area contributed by atoms with Crippen LogP contribution in [-0.4, -0.2) is 17.1 Å². The Bertz CT molecular complexity index is 515. The minimum atomic E-state index is 0.515. The van der Waals surface area contributed by atoms with E-state index >= 15 is 0 Å². The van der Waals surface area contributed by atoms with Crippen molar-refractivity contribution in [2.24, 2.45) is 16.8 Å². The Balaban J connectivity index is 2.29. The number of hydrogen-bond acceptors (Lipinski definition) is 1. The van der Waals surface area contributed by atoms with Crippen molar-refractivity contribution < 1.29 is 4.58 Å². The average molecular weight is 404 g/mol. The summed E-state index contributed by atoms with van der Waals surface area (Å²) in [5.74, 6) is 2.28. The molecule has 0 saturated carbocycles. The molecule has 0 fully saturated rings. The first-order chi connectivity index (χ1) is 14.0. The summed E-state index contributed by atoms with van der Waals surface area (Å²) in [7, 11) is 0. The van der Waals surface area contributed by atoms with E-state index in [0.29, 0.717) is 11.8 Å². The highest BCUT2D eigenvalue weighted by molar-refractivity contribution is 5.81. The minimum Gasteiger partial charge on any atom is -0.206 e. The van der Waals surface area contributed by atoms with Crippen molar-refractivity contribution in [3.63, 3.8) is 0 Å². The molecule has 0 aromatic carbocycles. The summed E-state index contributed by atoms with van der Waals surface area (Å²) in [6.45, 7) is 15.9. The monoisotopic (exact) mass is 403 g/mol. The van der Waals surface area contributed by atoms with Crippen LogP contribution in [0.25, 0.3) is 0 Å². The lowest BCUT2D eigenvalue weighted by Crippen LogP contribution is -2.24. The summed E-state index contributed by atoms with van der Waals surface area (Å²) >= 11 is 0. The van der Waals surface area contributed by atoms with Crippen molar-refractivity contribution in [2.75, 3.05) is 0 Å². The van der Waals surface area contributed by atoms with Crippen molar-refractivity contribution in [2.45, 2.75) is 137 Å². The maximum absolute atomic E-state index is 4.95. The largest absolute Gasteiger partial charge is 0.306 e. The fourth-order valence-corrected chi connectivity index (χ4v) is 4.69. The van der Waals surface area contributed by atoms with E-state index in [1.807, 2.05) is 0 Å². The Morgan fingerprint density at radius 1 is 0.690 bits per heavy atom. The zero-order chi connectivity index (χ0) is 21.5. The predicted octanol–water partition coefficient (Wildman–Crippen LogP) is 8.90. The second-order valence-electron chi connectivity index (χ2n) is 9.49. The standard InChI is InChI=1S/C27H51N2/c1-7-9-11-13-15-17-19-21-23(3)26-25(5)28-27(29(26)6)24(4)22-20-18-16-14-12-10-8-2/h23-24H,6-22H2,1-5H3/q+1. The van der Waals surface area contributed by atoms with Crippen LogP contribution in [0.3, 0.4) is 0 Å². The molecule has 0 N–H and O–H groups in total. The van der Waals surface area contributed by atoms with Gasteiger partial charge in [-0.3, -0.25) is 0 Å². The van der Waals surface area contributed by atoms with Gasteiger partial charge < -0.3 is 0 Å². The number of aliphatic imine (C=N–C) groups is 1. The number of rotatable bonds is 18. The van der Waals surface area contributed by atoms with E-state index in [2.05, 4.69) is 45.9 Å². The van der Waals surface area contributed by atoms with E-state index in [-0.39, 0.29) is 0 Å². The van der Waals surface area contributed by atoms with Crippen LogP contribution >= 0.6 is 0 Å². The lowest BCUT2D eigenvalue weighted by molar-refractivity contribution is -0.351.